The maximum atomic E-state index is 8.81. The van der Waals surface area contributed by atoms with Crippen LogP contribution in [-0.4, -0.2) is 26.5 Å². The molecule has 1 heterocycles. The van der Waals surface area contributed by atoms with Crippen molar-refractivity contribution in [3.8, 4) is 5.69 Å². The van der Waals surface area contributed by atoms with Gasteiger partial charge in [0.25, 0.3) is 0 Å². The summed E-state index contributed by atoms with van der Waals surface area (Å²) in [7, 11) is 0. The molecule has 17 heavy (non-hydrogen) atoms. The maximum absolute atomic E-state index is 8.81. The van der Waals surface area contributed by atoms with Crippen molar-refractivity contribution in [3.63, 3.8) is 0 Å². The first kappa shape index (κ1) is 15.0. The molecule has 0 aliphatic heterocycles. The van der Waals surface area contributed by atoms with Crippen molar-refractivity contribution in [3.05, 3.63) is 36.2 Å². The quantitative estimate of drug-likeness (QED) is 0.710. The van der Waals surface area contributed by atoms with Crippen molar-refractivity contribution < 1.29 is 4.79 Å². The number of tetrazole rings is 1. The smallest absolute Gasteiger partial charge is 0.153 e. The van der Waals surface area contributed by atoms with E-state index in [2.05, 4.69) is 15.5 Å². The Morgan fingerprint density at radius 1 is 1.18 bits per heavy atom. The normalized spacial score (nSPS) is 8.24. The Labute approximate surface area is 101 Å². The summed E-state index contributed by atoms with van der Waals surface area (Å²) < 4.78 is 1.69. The molecule has 0 aliphatic carbocycles. The lowest BCUT2D eigenvalue weighted by molar-refractivity contribution is -0.106. The van der Waals surface area contributed by atoms with Crippen LogP contribution in [0.5, 0.6) is 0 Å². The van der Waals surface area contributed by atoms with Crippen molar-refractivity contribution in [1.82, 2.24) is 20.2 Å². The van der Waals surface area contributed by atoms with E-state index in [9.17, 15) is 0 Å². The summed E-state index contributed by atoms with van der Waals surface area (Å²) in [6.07, 6.45) is 0.750. The summed E-state index contributed by atoms with van der Waals surface area (Å²) in [6.45, 7) is 7.31. The highest BCUT2D eigenvalue weighted by molar-refractivity contribution is 5.44. The lowest BCUT2D eigenvalue weighted by Gasteiger charge is -1.98. The van der Waals surface area contributed by atoms with Gasteiger partial charge in [0.05, 0.1) is 5.69 Å². The van der Waals surface area contributed by atoms with Crippen LogP contribution in [0.1, 0.15) is 26.6 Å². The van der Waals surface area contributed by atoms with Crippen LogP contribution >= 0.6 is 0 Å². The average molecular weight is 234 g/mol. The topological polar surface area (TPSA) is 60.7 Å². The first-order valence-corrected chi connectivity index (χ1v) is 5.49. The van der Waals surface area contributed by atoms with Gasteiger partial charge in [-0.1, -0.05) is 32.0 Å². The van der Waals surface area contributed by atoms with E-state index in [1.54, 1.807) is 4.68 Å². The van der Waals surface area contributed by atoms with Crippen LogP contribution in [0.15, 0.2) is 30.3 Å². The van der Waals surface area contributed by atoms with Gasteiger partial charge >= 0.3 is 0 Å². The van der Waals surface area contributed by atoms with Crippen molar-refractivity contribution >= 4 is 6.29 Å². The first-order valence-electron chi connectivity index (χ1n) is 5.49. The molecule has 2 rings (SSSR count). The summed E-state index contributed by atoms with van der Waals surface area (Å²) in [5.41, 5.74) is 0.986. The number of nitrogens with zero attached hydrogens (tertiary/aromatic N) is 4. The Morgan fingerprint density at radius 3 is 2.12 bits per heavy atom. The van der Waals surface area contributed by atoms with Gasteiger partial charge in [-0.3, -0.25) is 0 Å². The van der Waals surface area contributed by atoms with Crippen molar-refractivity contribution in [2.45, 2.75) is 27.7 Å². The van der Waals surface area contributed by atoms with E-state index < -0.39 is 0 Å². The van der Waals surface area contributed by atoms with E-state index in [0.717, 1.165) is 17.8 Å². The van der Waals surface area contributed by atoms with E-state index in [1.165, 1.54) is 6.92 Å². The highest BCUT2D eigenvalue weighted by atomic mass is 16.1. The highest BCUT2D eigenvalue weighted by Gasteiger charge is 2.00. The molecule has 2 aromatic rings. The Morgan fingerprint density at radius 2 is 1.71 bits per heavy atom. The molecule has 0 bridgehead atoms. The Balaban J connectivity index is 0.000000450. The van der Waals surface area contributed by atoms with Gasteiger partial charge in [-0.2, -0.15) is 4.68 Å². The van der Waals surface area contributed by atoms with Crippen LogP contribution in [0.25, 0.3) is 5.69 Å². The second-order valence-corrected chi connectivity index (χ2v) is 2.71. The van der Waals surface area contributed by atoms with E-state index in [1.807, 2.05) is 51.1 Å². The third-order valence-electron chi connectivity index (χ3n) is 1.63. The average Bonchev–Trinajstić information content (AvgIpc) is 2.80. The Bertz CT molecular complexity index is 411. The zero-order valence-electron chi connectivity index (χ0n) is 10.7. The van der Waals surface area contributed by atoms with Gasteiger partial charge in [0.15, 0.2) is 5.82 Å². The molecule has 92 valence electrons. The van der Waals surface area contributed by atoms with Crippen LogP contribution in [0.3, 0.4) is 0 Å². The van der Waals surface area contributed by atoms with Gasteiger partial charge in [0, 0.05) is 0 Å². The van der Waals surface area contributed by atoms with E-state index in [4.69, 9.17) is 4.79 Å². The zero-order chi connectivity index (χ0) is 13.1. The van der Waals surface area contributed by atoms with E-state index in [-0.39, 0.29) is 0 Å². The molecule has 0 unspecified atom stereocenters. The van der Waals surface area contributed by atoms with E-state index >= 15 is 0 Å². The number of carbonyl (C=O) groups is 1. The summed E-state index contributed by atoms with van der Waals surface area (Å²) in [6, 6.07) is 9.79. The molecule has 0 radical (unpaired) electrons. The van der Waals surface area contributed by atoms with Crippen LogP contribution in [0.4, 0.5) is 0 Å². The number of hydrogen-bond acceptors (Lipinski definition) is 4. The number of rotatable bonds is 1. The number of hydrogen-bond donors (Lipinski definition) is 0. The fraction of sp³-hybridized carbons (Fsp3) is 0.333. The molecule has 0 saturated heterocycles. The molecular formula is C12H18N4O. The number of aldehydes is 1. The summed E-state index contributed by atoms with van der Waals surface area (Å²) in [5, 5.41) is 11.2. The maximum Gasteiger partial charge on any atom is 0.153 e. The molecule has 1 aromatic carbocycles. The third-order valence-corrected chi connectivity index (χ3v) is 1.63. The number of benzene rings is 1. The van der Waals surface area contributed by atoms with Gasteiger partial charge in [-0.15, -0.1) is 5.10 Å². The van der Waals surface area contributed by atoms with Crippen LogP contribution in [0, 0.1) is 6.92 Å². The molecule has 0 spiro atoms. The van der Waals surface area contributed by atoms with Gasteiger partial charge < -0.3 is 4.79 Å². The van der Waals surface area contributed by atoms with Crippen molar-refractivity contribution in [1.29, 1.82) is 0 Å². The predicted octanol–water partition coefficient (Wildman–Crippen LogP) is 2.20. The zero-order valence-corrected chi connectivity index (χ0v) is 10.7. The van der Waals surface area contributed by atoms with Gasteiger partial charge in [-0.25, -0.2) is 0 Å². The van der Waals surface area contributed by atoms with Gasteiger partial charge in [-0.05, 0) is 36.4 Å². The molecule has 0 atom stereocenters. The molecule has 0 amide bonds. The monoisotopic (exact) mass is 234 g/mol. The largest absolute Gasteiger partial charge is 0.304 e. The van der Waals surface area contributed by atoms with Gasteiger partial charge in [0.2, 0.25) is 0 Å². The third kappa shape index (κ3) is 5.01. The summed E-state index contributed by atoms with van der Waals surface area (Å²) >= 11 is 0. The predicted molar refractivity (Wildman–Crippen MR) is 67.0 cm³/mol. The Hall–Kier alpha value is -2.04. The van der Waals surface area contributed by atoms with Crippen LogP contribution in [0.2, 0.25) is 0 Å². The first-order chi connectivity index (χ1) is 8.29. The Kier molecular flexibility index (Phi) is 8.10. The lowest BCUT2D eigenvalue weighted by atomic mass is 10.3. The fourth-order valence-electron chi connectivity index (χ4n) is 1.04. The minimum Gasteiger partial charge on any atom is -0.304 e. The lowest BCUT2D eigenvalue weighted by Crippen LogP contribution is -1.98. The molecule has 5 nitrogen and oxygen atoms in total. The summed E-state index contributed by atoms with van der Waals surface area (Å²) in [5.74, 6) is 0.793. The van der Waals surface area contributed by atoms with Crippen LogP contribution < -0.4 is 0 Å². The molecule has 0 fully saturated rings. The number of carbonyl (C=O) groups excluding carboxylic acids is 1. The fourth-order valence-corrected chi connectivity index (χ4v) is 1.04. The highest BCUT2D eigenvalue weighted by Crippen LogP contribution is 2.04. The number of aryl methyl sites for hydroxylation is 1. The molecule has 0 aliphatic rings. The molecular weight excluding hydrogens is 216 g/mol. The molecule has 0 N–H and O–H groups in total. The molecule has 0 saturated carbocycles. The van der Waals surface area contributed by atoms with Gasteiger partial charge in [0.1, 0.15) is 6.29 Å². The van der Waals surface area contributed by atoms with Crippen molar-refractivity contribution in [2.24, 2.45) is 0 Å². The number of para-hydroxylation sites is 1. The molecule has 5 heteroatoms. The van der Waals surface area contributed by atoms with E-state index in [0.29, 0.717) is 0 Å². The number of aromatic nitrogens is 4. The second kappa shape index (κ2) is 9.21. The van der Waals surface area contributed by atoms with Crippen molar-refractivity contribution in [2.75, 3.05) is 0 Å². The van der Waals surface area contributed by atoms with Crippen LogP contribution in [-0.2, 0) is 4.79 Å². The second-order valence-electron chi connectivity index (χ2n) is 2.71. The minimum absolute atomic E-state index is 0.750. The summed E-state index contributed by atoms with van der Waals surface area (Å²) in [4.78, 5) is 8.81. The standard InChI is InChI=1S/C8H8N4.C2H4O.C2H6/c1-7-9-10-11-12(7)8-5-3-2-4-6-8;1-2-3;1-2/h2-6H,1H3;2H,1H3;1-2H3. The minimum atomic E-state index is 0.750. The SMILES string of the molecule is CC.CC=O.Cc1nnnn1-c1ccccc1. The molecule has 1 aromatic heterocycles.